The number of aromatic nitrogens is 1. The third-order valence-electron chi connectivity index (χ3n) is 5.92. The molecule has 2 aromatic carbocycles. The Morgan fingerprint density at radius 3 is 2.53 bits per heavy atom. The van der Waals surface area contributed by atoms with Crippen LogP contribution in [0, 0.1) is 6.92 Å². The Kier molecular flexibility index (Phi) is 6.00. The average Bonchev–Trinajstić information content (AvgIpc) is 3.25. The zero-order valence-electron chi connectivity index (χ0n) is 17.9. The molecule has 0 spiro atoms. The van der Waals surface area contributed by atoms with Gasteiger partial charge in [0.15, 0.2) is 11.5 Å². The first-order valence-electron chi connectivity index (χ1n) is 10.6. The van der Waals surface area contributed by atoms with Crippen LogP contribution >= 0.6 is 0 Å². The largest absolute Gasteiger partial charge is 0.355 e. The van der Waals surface area contributed by atoms with E-state index in [4.69, 9.17) is 4.52 Å². The number of hydrogen-bond acceptors (Lipinski definition) is 4. The first kappa shape index (κ1) is 20.4. The lowest BCUT2D eigenvalue weighted by molar-refractivity contribution is 0.0933. The van der Waals surface area contributed by atoms with E-state index in [2.05, 4.69) is 64.8 Å². The number of amides is 1. The SMILES string of the molecule is Cc1ccc([C@@H](CNC(=O)c2cc(-c3ccc4c(c3)CCCC4)on2)N(C)C)cc1. The molecule has 0 bridgehead atoms. The minimum Gasteiger partial charge on any atom is -0.355 e. The lowest BCUT2D eigenvalue weighted by atomic mass is 9.90. The topological polar surface area (TPSA) is 58.4 Å². The van der Waals surface area contributed by atoms with Gasteiger partial charge in [-0.05, 0) is 69.5 Å². The third kappa shape index (κ3) is 4.46. The average molecular weight is 404 g/mol. The molecule has 3 aromatic rings. The van der Waals surface area contributed by atoms with Crippen molar-refractivity contribution in [2.75, 3.05) is 20.6 Å². The van der Waals surface area contributed by atoms with E-state index < -0.39 is 0 Å². The van der Waals surface area contributed by atoms with Gasteiger partial charge in [0.05, 0.1) is 6.04 Å². The van der Waals surface area contributed by atoms with Crippen LogP contribution in [0.3, 0.4) is 0 Å². The number of carbonyl (C=O) groups is 1. The van der Waals surface area contributed by atoms with Gasteiger partial charge in [-0.3, -0.25) is 4.79 Å². The van der Waals surface area contributed by atoms with E-state index >= 15 is 0 Å². The summed E-state index contributed by atoms with van der Waals surface area (Å²) in [6, 6.07) is 16.6. The first-order valence-corrected chi connectivity index (χ1v) is 10.6. The molecule has 0 unspecified atom stereocenters. The second-order valence-electron chi connectivity index (χ2n) is 8.37. The molecule has 5 heteroatoms. The van der Waals surface area contributed by atoms with Crippen molar-refractivity contribution in [3.63, 3.8) is 0 Å². The predicted molar refractivity (Wildman–Crippen MR) is 119 cm³/mol. The molecular weight excluding hydrogens is 374 g/mol. The molecular formula is C25H29N3O2. The van der Waals surface area contributed by atoms with Gasteiger partial charge < -0.3 is 14.7 Å². The summed E-state index contributed by atoms with van der Waals surface area (Å²) in [5.74, 6) is 0.415. The van der Waals surface area contributed by atoms with Crippen LogP contribution in [0.2, 0.25) is 0 Å². The highest BCUT2D eigenvalue weighted by molar-refractivity contribution is 5.93. The van der Waals surface area contributed by atoms with Crippen molar-refractivity contribution in [1.29, 1.82) is 0 Å². The number of likely N-dealkylation sites (N-methyl/N-ethyl adjacent to an activating group) is 1. The second kappa shape index (κ2) is 8.84. The van der Waals surface area contributed by atoms with Gasteiger partial charge in [-0.15, -0.1) is 0 Å². The summed E-state index contributed by atoms with van der Waals surface area (Å²) in [4.78, 5) is 14.8. The normalized spacial score (nSPS) is 14.4. The maximum absolute atomic E-state index is 12.7. The maximum Gasteiger partial charge on any atom is 0.273 e. The van der Waals surface area contributed by atoms with Gasteiger partial charge in [-0.2, -0.15) is 0 Å². The molecule has 1 amide bonds. The van der Waals surface area contributed by atoms with Crippen LogP contribution < -0.4 is 5.32 Å². The zero-order valence-corrected chi connectivity index (χ0v) is 17.9. The molecule has 1 atom stereocenters. The molecule has 0 fully saturated rings. The van der Waals surface area contributed by atoms with Gasteiger partial charge >= 0.3 is 0 Å². The number of aryl methyl sites for hydroxylation is 3. The molecule has 0 radical (unpaired) electrons. The Morgan fingerprint density at radius 2 is 1.80 bits per heavy atom. The monoisotopic (exact) mass is 403 g/mol. The summed E-state index contributed by atoms with van der Waals surface area (Å²) >= 11 is 0. The summed E-state index contributed by atoms with van der Waals surface area (Å²) in [6.45, 7) is 2.57. The zero-order chi connectivity index (χ0) is 21.1. The fourth-order valence-electron chi connectivity index (χ4n) is 4.07. The Morgan fingerprint density at radius 1 is 1.07 bits per heavy atom. The quantitative estimate of drug-likeness (QED) is 0.655. The number of nitrogens with zero attached hydrogens (tertiary/aromatic N) is 2. The molecule has 4 rings (SSSR count). The van der Waals surface area contributed by atoms with E-state index in [1.54, 1.807) is 6.07 Å². The van der Waals surface area contributed by atoms with Crippen LogP contribution in [0.4, 0.5) is 0 Å². The highest BCUT2D eigenvalue weighted by Crippen LogP contribution is 2.28. The molecule has 30 heavy (non-hydrogen) atoms. The molecule has 1 aliphatic carbocycles. The molecule has 1 aliphatic rings. The van der Waals surface area contributed by atoms with E-state index in [9.17, 15) is 4.79 Å². The number of benzene rings is 2. The van der Waals surface area contributed by atoms with Crippen molar-refractivity contribution in [2.45, 2.75) is 38.6 Å². The van der Waals surface area contributed by atoms with E-state index in [-0.39, 0.29) is 11.9 Å². The smallest absolute Gasteiger partial charge is 0.273 e. The van der Waals surface area contributed by atoms with Crippen LogP contribution in [0.1, 0.15) is 51.6 Å². The van der Waals surface area contributed by atoms with Crippen molar-refractivity contribution in [3.8, 4) is 11.3 Å². The Hall–Kier alpha value is -2.92. The van der Waals surface area contributed by atoms with Crippen LogP contribution in [0.15, 0.2) is 53.1 Å². The number of nitrogens with one attached hydrogen (secondary N) is 1. The highest BCUT2D eigenvalue weighted by Gasteiger charge is 2.19. The summed E-state index contributed by atoms with van der Waals surface area (Å²) in [5, 5.41) is 7.02. The van der Waals surface area contributed by atoms with Crippen molar-refractivity contribution in [1.82, 2.24) is 15.4 Å². The van der Waals surface area contributed by atoms with E-state index in [1.807, 2.05) is 14.1 Å². The summed E-state index contributed by atoms with van der Waals surface area (Å²) in [7, 11) is 4.03. The van der Waals surface area contributed by atoms with Gasteiger partial charge in [0, 0.05) is 18.2 Å². The molecule has 5 nitrogen and oxygen atoms in total. The summed E-state index contributed by atoms with van der Waals surface area (Å²) in [6.07, 6.45) is 4.74. The van der Waals surface area contributed by atoms with Crippen LogP contribution in [0.5, 0.6) is 0 Å². The number of hydrogen-bond donors (Lipinski definition) is 1. The fraction of sp³-hybridized carbons (Fsp3) is 0.360. The third-order valence-corrected chi connectivity index (χ3v) is 5.92. The minimum atomic E-state index is -0.220. The molecule has 0 saturated carbocycles. The molecule has 156 valence electrons. The van der Waals surface area contributed by atoms with Crippen molar-refractivity contribution in [2.24, 2.45) is 0 Å². The molecule has 1 aromatic heterocycles. The van der Waals surface area contributed by atoms with Crippen molar-refractivity contribution >= 4 is 5.91 Å². The summed E-state index contributed by atoms with van der Waals surface area (Å²) in [5.41, 5.74) is 6.48. The highest BCUT2D eigenvalue weighted by atomic mass is 16.5. The molecule has 1 heterocycles. The minimum absolute atomic E-state index is 0.0848. The molecule has 0 aliphatic heterocycles. The van der Waals surface area contributed by atoms with Gasteiger partial charge in [0.1, 0.15) is 0 Å². The number of rotatable bonds is 6. The summed E-state index contributed by atoms with van der Waals surface area (Å²) < 4.78 is 5.49. The second-order valence-corrected chi connectivity index (χ2v) is 8.37. The fourth-order valence-corrected chi connectivity index (χ4v) is 4.07. The number of carbonyl (C=O) groups excluding carboxylic acids is 1. The van der Waals surface area contributed by atoms with Crippen LogP contribution in [-0.4, -0.2) is 36.6 Å². The van der Waals surface area contributed by atoms with Gasteiger partial charge in [0.25, 0.3) is 5.91 Å². The van der Waals surface area contributed by atoms with Crippen molar-refractivity contribution in [3.05, 3.63) is 76.5 Å². The molecule has 1 N–H and O–H groups in total. The van der Waals surface area contributed by atoms with Crippen LogP contribution in [0.25, 0.3) is 11.3 Å². The Labute approximate surface area is 178 Å². The van der Waals surface area contributed by atoms with E-state index in [0.29, 0.717) is 18.0 Å². The van der Waals surface area contributed by atoms with Gasteiger partial charge in [-0.25, -0.2) is 0 Å². The maximum atomic E-state index is 12.7. The lowest BCUT2D eigenvalue weighted by Gasteiger charge is -2.25. The Balaban J connectivity index is 1.44. The van der Waals surface area contributed by atoms with E-state index in [0.717, 1.165) is 18.4 Å². The number of fused-ring (bicyclic) bond motifs is 1. The van der Waals surface area contributed by atoms with Gasteiger partial charge in [-0.1, -0.05) is 47.1 Å². The lowest BCUT2D eigenvalue weighted by Crippen LogP contribution is -2.34. The van der Waals surface area contributed by atoms with Gasteiger partial charge in [0.2, 0.25) is 0 Å². The van der Waals surface area contributed by atoms with E-state index in [1.165, 1.54) is 35.1 Å². The predicted octanol–water partition coefficient (Wildman–Crippen LogP) is 4.56. The van der Waals surface area contributed by atoms with Crippen LogP contribution in [-0.2, 0) is 12.8 Å². The molecule has 0 saturated heterocycles. The van der Waals surface area contributed by atoms with Crippen molar-refractivity contribution < 1.29 is 9.32 Å². The standard InChI is InChI=1S/C25H29N3O2/c1-17-8-10-19(11-9-17)23(28(2)3)16-26-25(29)22-15-24(30-27-22)21-13-12-18-6-4-5-7-20(18)14-21/h8-15,23H,4-7,16H2,1-3H3,(H,26,29)/t23-/m1/s1. The first-order chi connectivity index (χ1) is 14.5. The Bertz CT molecular complexity index is 1020.